The summed E-state index contributed by atoms with van der Waals surface area (Å²) in [5.41, 5.74) is 15.7. The molecule has 1 aromatic heterocycles. The predicted octanol–water partition coefficient (Wildman–Crippen LogP) is 14.2. The van der Waals surface area contributed by atoms with E-state index in [2.05, 4.69) is 217 Å². The van der Waals surface area contributed by atoms with Crippen LogP contribution in [-0.2, 0) is 5.41 Å². The fourth-order valence-corrected chi connectivity index (χ4v) is 10.3. The Morgan fingerprint density at radius 2 is 1.22 bits per heavy atom. The lowest BCUT2D eigenvalue weighted by atomic mass is 9.81. The zero-order chi connectivity index (χ0) is 38.5. The van der Waals surface area contributed by atoms with E-state index in [-0.39, 0.29) is 17.4 Å². The van der Waals surface area contributed by atoms with Gasteiger partial charge in [0.1, 0.15) is 11.9 Å². The Balaban J connectivity index is 1.08. The van der Waals surface area contributed by atoms with E-state index in [0.29, 0.717) is 0 Å². The van der Waals surface area contributed by atoms with Gasteiger partial charge in [-0.3, -0.25) is 0 Å². The van der Waals surface area contributed by atoms with Crippen LogP contribution in [0.4, 0.5) is 17.1 Å². The van der Waals surface area contributed by atoms with Crippen LogP contribution in [0.5, 0.6) is 5.75 Å². The van der Waals surface area contributed by atoms with Crippen LogP contribution in [0.3, 0.4) is 0 Å². The van der Waals surface area contributed by atoms with E-state index in [4.69, 9.17) is 4.74 Å². The number of rotatable bonds is 5. The van der Waals surface area contributed by atoms with Gasteiger partial charge in [-0.05, 0) is 81.8 Å². The topological polar surface area (TPSA) is 17.4 Å². The first kappa shape index (κ1) is 33.1. The number of hydrogen-bond donors (Lipinski definition) is 0. The van der Waals surface area contributed by atoms with Gasteiger partial charge in [0.05, 0.1) is 22.4 Å². The number of allylic oxidation sites excluding steroid dienone is 2. The molecule has 0 N–H and O–H groups in total. The predicted molar refractivity (Wildman–Crippen MR) is 241 cm³/mol. The van der Waals surface area contributed by atoms with Crippen LogP contribution in [0, 0.1) is 0 Å². The lowest BCUT2D eigenvalue weighted by molar-refractivity contribution is 0.272. The number of para-hydroxylation sites is 3. The SMILES string of the molecule is CC1(C)c2ccccc2-c2cccc(N(c3cccc(-n4c5ccccc5c5ccccc54)c3)c3ccccc3C3=CC4c5ccc6ccccc6c5OC4C=C3)c21. The third kappa shape index (κ3) is 4.74. The molecule has 9 aromatic rings. The van der Waals surface area contributed by atoms with E-state index in [1.54, 1.807) is 0 Å². The Morgan fingerprint density at radius 1 is 0.569 bits per heavy atom. The van der Waals surface area contributed by atoms with Crippen molar-refractivity contribution in [3.63, 3.8) is 0 Å². The van der Waals surface area contributed by atoms with Gasteiger partial charge in [0.2, 0.25) is 0 Å². The Kier molecular flexibility index (Phi) is 7.10. The van der Waals surface area contributed by atoms with Crippen LogP contribution in [0.25, 0.3) is 55.0 Å². The number of aromatic nitrogens is 1. The zero-order valence-corrected chi connectivity index (χ0v) is 32.4. The molecule has 0 fully saturated rings. The fraction of sp³-hybridized carbons (Fsp3) is 0.0909. The van der Waals surface area contributed by atoms with Crippen molar-refractivity contribution in [2.75, 3.05) is 4.90 Å². The van der Waals surface area contributed by atoms with Gasteiger partial charge in [0.15, 0.2) is 0 Å². The van der Waals surface area contributed by atoms with Crippen LogP contribution in [-0.4, -0.2) is 10.7 Å². The lowest BCUT2D eigenvalue weighted by Crippen LogP contribution is -2.21. The van der Waals surface area contributed by atoms with Crippen LogP contribution < -0.4 is 9.64 Å². The van der Waals surface area contributed by atoms with Crippen molar-refractivity contribution in [3.8, 4) is 22.6 Å². The molecule has 2 heterocycles. The van der Waals surface area contributed by atoms with Crippen molar-refractivity contribution in [2.24, 2.45) is 0 Å². The lowest BCUT2D eigenvalue weighted by Gasteiger charge is -2.34. The monoisotopic (exact) mass is 744 g/mol. The standard InChI is InChI=1S/C55H40N2O/c1-55(2)47-24-9-5-20-41(47)44-23-14-28-51(53(44)55)57(38-17-13-16-37(34-38)56-49-26-11-7-21-42(49)43-22-8-12-27-50(43)56)48-25-10-6-18-39(48)36-30-32-52-46(33-36)45-31-29-35-15-3-4-19-40(35)54(45)58-52/h3-34,46,52H,1-2H3. The van der Waals surface area contributed by atoms with Gasteiger partial charge < -0.3 is 14.2 Å². The fourth-order valence-electron chi connectivity index (χ4n) is 10.3. The summed E-state index contributed by atoms with van der Waals surface area (Å²) in [5.74, 6) is 1.13. The Hall–Kier alpha value is -7.10. The summed E-state index contributed by atoms with van der Waals surface area (Å²) >= 11 is 0. The molecule has 2 aliphatic carbocycles. The van der Waals surface area contributed by atoms with E-state index in [1.165, 1.54) is 77.2 Å². The molecule has 3 heteroatoms. The van der Waals surface area contributed by atoms with Crippen LogP contribution in [0.2, 0.25) is 0 Å². The highest BCUT2D eigenvalue weighted by Crippen LogP contribution is 2.55. The maximum Gasteiger partial charge on any atom is 0.132 e. The van der Waals surface area contributed by atoms with E-state index < -0.39 is 0 Å². The third-order valence-electron chi connectivity index (χ3n) is 12.9. The molecule has 276 valence electrons. The molecule has 3 nitrogen and oxygen atoms in total. The van der Waals surface area contributed by atoms with E-state index >= 15 is 0 Å². The van der Waals surface area contributed by atoms with E-state index in [0.717, 1.165) is 22.8 Å². The quantitative estimate of drug-likeness (QED) is 0.175. The Bertz CT molecular complexity index is 3160. The molecule has 0 spiro atoms. The normalized spacial score (nSPS) is 17.1. The summed E-state index contributed by atoms with van der Waals surface area (Å²) in [4.78, 5) is 2.52. The zero-order valence-electron chi connectivity index (χ0n) is 32.4. The molecule has 2 unspecified atom stereocenters. The minimum Gasteiger partial charge on any atom is -0.484 e. The second-order valence-corrected chi connectivity index (χ2v) is 16.4. The molecular formula is C55H40N2O. The summed E-state index contributed by atoms with van der Waals surface area (Å²) in [6.07, 6.45) is 6.94. The first-order valence-electron chi connectivity index (χ1n) is 20.3. The maximum atomic E-state index is 6.69. The van der Waals surface area contributed by atoms with Gasteiger partial charge in [-0.1, -0.05) is 159 Å². The van der Waals surface area contributed by atoms with Gasteiger partial charge in [0.25, 0.3) is 0 Å². The smallest absolute Gasteiger partial charge is 0.132 e. The third-order valence-corrected chi connectivity index (χ3v) is 12.9. The summed E-state index contributed by atoms with van der Waals surface area (Å²) in [7, 11) is 0. The van der Waals surface area contributed by atoms with Crippen molar-refractivity contribution < 1.29 is 4.74 Å². The van der Waals surface area contributed by atoms with E-state index in [1.807, 2.05) is 0 Å². The second-order valence-electron chi connectivity index (χ2n) is 16.4. The number of ether oxygens (including phenoxy) is 1. The molecule has 0 bridgehead atoms. The second kappa shape index (κ2) is 12.4. The summed E-state index contributed by atoms with van der Waals surface area (Å²) in [6.45, 7) is 4.76. The van der Waals surface area contributed by atoms with Gasteiger partial charge in [-0.15, -0.1) is 0 Å². The molecule has 0 saturated heterocycles. The minimum atomic E-state index is -0.217. The summed E-state index contributed by atoms with van der Waals surface area (Å²) < 4.78 is 9.11. The molecule has 0 saturated carbocycles. The molecule has 0 amide bonds. The molecule has 12 rings (SSSR count). The molecule has 8 aromatic carbocycles. The molecule has 3 aliphatic rings. The van der Waals surface area contributed by atoms with Crippen molar-refractivity contribution >= 4 is 55.2 Å². The van der Waals surface area contributed by atoms with Crippen molar-refractivity contribution in [2.45, 2.75) is 31.3 Å². The summed E-state index contributed by atoms with van der Waals surface area (Å²) in [6, 6.07) is 64.4. The number of hydrogen-bond acceptors (Lipinski definition) is 2. The highest BCUT2D eigenvalue weighted by Gasteiger charge is 2.40. The molecule has 1 aliphatic heterocycles. The maximum absolute atomic E-state index is 6.69. The number of benzene rings is 8. The van der Waals surface area contributed by atoms with Crippen molar-refractivity contribution in [1.82, 2.24) is 4.57 Å². The molecule has 0 radical (unpaired) electrons. The summed E-state index contributed by atoms with van der Waals surface area (Å²) in [5, 5.41) is 4.89. The van der Waals surface area contributed by atoms with E-state index in [9.17, 15) is 0 Å². The van der Waals surface area contributed by atoms with Crippen LogP contribution >= 0.6 is 0 Å². The Morgan fingerprint density at radius 3 is 2.05 bits per heavy atom. The minimum absolute atomic E-state index is 0.0348. The molecular weight excluding hydrogens is 705 g/mol. The highest BCUT2D eigenvalue weighted by molar-refractivity contribution is 6.09. The average Bonchev–Trinajstić information content (AvgIpc) is 3.90. The number of anilines is 3. The van der Waals surface area contributed by atoms with Crippen LogP contribution in [0.15, 0.2) is 194 Å². The molecule has 2 atom stereocenters. The van der Waals surface area contributed by atoms with Gasteiger partial charge in [-0.2, -0.15) is 0 Å². The van der Waals surface area contributed by atoms with Crippen LogP contribution in [0.1, 0.15) is 42.0 Å². The first-order valence-corrected chi connectivity index (χ1v) is 20.3. The molecule has 58 heavy (non-hydrogen) atoms. The first-order chi connectivity index (χ1) is 28.5. The van der Waals surface area contributed by atoms with Crippen molar-refractivity contribution in [1.29, 1.82) is 0 Å². The highest BCUT2D eigenvalue weighted by atomic mass is 16.5. The largest absolute Gasteiger partial charge is 0.484 e. The van der Waals surface area contributed by atoms with Gasteiger partial charge in [0, 0.05) is 50.0 Å². The number of fused-ring (bicyclic) bond motifs is 11. The number of nitrogens with zero attached hydrogens (tertiary/aromatic N) is 2. The average molecular weight is 745 g/mol. The Labute approximate surface area is 338 Å². The van der Waals surface area contributed by atoms with Crippen molar-refractivity contribution in [3.05, 3.63) is 216 Å². The van der Waals surface area contributed by atoms with Gasteiger partial charge in [-0.25, -0.2) is 0 Å². The van der Waals surface area contributed by atoms with Gasteiger partial charge >= 0.3 is 0 Å².